The average molecular weight is 556 g/mol. The van der Waals surface area contributed by atoms with Crippen molar-refractivity contribution in [1.82, 2.24) is 0 Å². The molecule has 0 saturated heterocycles. The van der Waals surface area contributed by atoms with Gasteiger partial charge in [-0.1, -0.05) is 0 Å². The van der Waals surface area contributed by atoms with E-state index in [0.717, 1.165) is 45.3 Å². The van der Waals surface area contributed by atoms with E-state index in [4.69, 9.17) is 50.5 Å². The van der Waals surface area contributed by atoms with Gasteiger partial charge in [-0.15, -0.1) is 0 Å². The summed E-state index contributed by atoms with van der Waals surface area (Å²) < 4.78 is 0. The van der Waals surface area contributed by atoms with Gasteiger partial charge in [0.1, 0.15) is 0 Å². The molecule has 33 heavy (non-hydrogen) atoms. The zero-order valence-corrected chi connectivity index (χ0v) is 25.0. The molecule has 0 nitrogen and oxygen atoms in total. The molecule has 0 bridgehead atoms. The Kier molecular flexibility index (Phi) is 9.44. The van der Waals surface area contributed by atoms with Gasteiger partial charge in [-0.25, -0.2) is 9.81 Å². The molecule has 0 aliphatic heterocycles. The third kappa shape index (κ3) is 5.00. The van der Waals surface area contributed by atoms with Crippen molar-refractivity contribution in [3.8, 4) is 0 Å². The minimum atomic E-state index is 0. The van der Waals surface area contributed by atoms with E-state index in [1.54, 1.807) is 0 Å². The van der Waals surface area contributed by atoms with Crippen LogP contribution >= 0.6 is 0 Å². The first kappa shape index (κ1) is 28.5. The summed E-state index contributed by atoms with van der Waals surface area (Å²) in [5.41, 5.74) is 16.4. The second kappa shape index (κ2) is 10.9. The van der Waals surface area contributed by atoms with Crippen molar-refractivity contribution in [2.75, 3.05) is 0 Å². The zero-order chi connectivity index (χ0) is 24.1. The summed E-state index contributed by atoms with van der Waals surface area (Å²) in [5.74, 6) is 0. The van der Waals surface area contributed by atoms with Gasteiger partial charge in [0.15, 0.2) is 0 Å². The number of hydrogen-bond acceptors (Lipinski definition) is 4. The van der Waals surface area contributed by atoms with E-state index in [1.165, 1.54) is 66.8 Å². The summed E-state index contributed by atoms with van der Waals surface area (Å²) >= 11 is 21.7. The van der Waals surface area contributed by atoms with E-state index in [-0.39, 0.29) is 16.5 Å². The largest absolute Gasteiger partial charge is 0.785 e. The van der Waals surface area contributed by atoms with Crippen LogP contribution in [-0.2, 0) is 79.8 Å². The first-order valence-corrected chi connectivity index (χ1v) is 12.9. The van der Waals surface area contributed by atoms with E-state index < -0.39 is 0 Å². The summed E-state index contributed by atoms with van der Waals surface area (Å²) in [6.07, 6.45) is 4.01. The molecule has 0 unspecified atom stereocenters. The molecule has 2 aromatic carbocycles. The summed E-state index contributed by atoms with van der Waals surface area (Å²) in [6, 6.07) is 0. The normalized spacial score (nSPS) is 14.8. The molecule has 0 amide bonds. The quantitative estimate of drug-likeness (QED) is 0.248. The van der Waals surface area contributed by atoms with Gasteiger partial charge in [0.05, 0.1) is 0 Å². The molecule has 2 aliphatic rings. The van der Waals surface area contributed by atoms with Crippen molar-refractivity contribution in [1.29, 1.82) is 0 Å². The number of rotatable bonds is 0. The van der Waals surface area contributed by atoms with E-state index in [1.807, 2.05) is 0 Å². The maximum atomic E-state index is 5.49. The van der Waals surface area contributed by atoms with Crippen LogP contribution in [0.3, 0.4) is 0 Å². The van der Waals surface area contributed by atoms with Gasteiger partial charge >= 0.3 is 0 Å². The smallest absolute Gasteiger partial charge is 0 e. The van der Waals surface area contributed by atoms with Crippen LogP contribution in [0.25, 0.3) is 9.81 Å². The molecule has 182 valence electrons. The predicted molar refractivity (Wildman–Crippen MR) is 151 cm³/mol. The Labute approximate surface area is 233 Å². The average Bonchev–Trinajstić information content (AvgIpc) is 2.77. The van der Waals surface area contributed by atoms with E-state index in [0.29, 0.717) is 0 Å². The summed E-state index contributed by atoms with van der Waals surface area (Å²) in [6.45, 7) is 17.5. The van der Waals surface area contributed by atoms with Gasteiger partial charge in [0, 0.05) is 16.5 Å². The molecule has 0 radical (unpaired) electrons. The van der Waals surface area contributed by atoms with Crippen LogP contribution in [0.15, 0.2) is 9.81 Å². The Balaban J connectivity index is 0.000000227. The van der Waals surface area contributed by atoms with Gasteiger partial charge in [0.2, 0.25) is 0 Å². The van der Waals surface area contributed by atoms with Gasteiger partial charge in [-0.05, 0) is 148 Å². The van der Waals surface area contributed by atoms with E-state index in [2.05, 4.69) is 55.4 Å². The Morgan fingerprint density at radius 2 is 0.667 bits per heavy atom. The molecule has 2 aromatic rings. The fourth-order valence-electron chi connectivity index (χ4n) is 5.00. The third-order valence-electron chi connectivity index (χ3n) is 7.80. The first-order valence-electron chi connectivity index (χ1n) is 11.2. The Bertz CT molecular complexity index is 1090. The van der Waals surface area contributed by atoms with Gasteiger partial charge in [-0.2, -0.15) is 9.81 Å². The van der Waals surface area contributed by atoms with E-state index >= 15 is 0 Å². The number of allylic oxidation sites excluding steroid dienone is 2. The maximum absolute atomic E-state index is 5.49. The fraction of sp³-hybridized carbons (Fsp3) is 0.429. The molecule has 0 saturated carbocycles. The molecule has 2 aliphatic carbocycles. The van der Waals surface area contributed by atoms with Crippen LogP contribution in [0, 0.1) is 55.4 Å². The Morgan fingerprint density at radius 3 is 0.970 bits per heavy atom. The molecule has 0 fully saturated rings. The zero-order valence-electron chi connectivity index (χ0n) is 20.8. The predicted octanol–water partition coefficient (Wildman–Crippen LogP) is 7.26. The molecule has 0 N–H and O–H groups in total. The van der Waals surface area contributed by atoms with Crippen molar-refractivity contribution in [3.05, 3.63) is 76.6 Å². The maximum Gasteiger partial charge on any atom is 0 e. The topological polar surface area (TPSA) is 0 Å². The van der Waals surface area contributed by atoms with Gasteiger partial charge in [-0.3, -0.25) is 0 Å². The van der Waals surface area contributed by atoms with Crippen molar-refractivity contribution in [3.63, 3.8) is 0 Å². The van der Waals surface area contributed by atoms with Crippen LogP contribution in [-0.4, -0.2) is 0 Å². The molecule has 4 rings (SSSR count). The molecule has 0 aromatic heterocycles. The standard InChI is InChI=1S/2C14H18S2.Ni/c2*1-7-8(2)10(4)13-11(9(7)3)5-6-12(15)14(13)16;/h2*15-16H,5-6H2,1-4H3;/p-4. The van der Waals surface area contributed by atoms with Gasteiger partial charge in [0.25, 0.3) is 0 Å². The monoisotopic (exact) mass is 554 g/mol. The van der Waals surface area contributed by atoms with Crippen LogP contribution in [0.4, 0.5) is 0 Å². The van der Waals surface area contributed by atoms with Crippen molar-refractivity contribution < 1.29 is 16.5 Å². The molecule has 0 spiro atoms. The second-order valence-corrected chi connectivity index (χ2v) is 11.0. The van der Waals surface area contributed by atoms with Crippen molar-refractivity contribution in [2.45, 2.75) is 81.1 Å². The SMILES string of the molecule is Cc1c(C)c(C)c2c(c1C)CCC([S-])=C2[S-].Cc1c(C)c(C)c2c(c1C)CCC([S-])=C2[S-].[Ni]. The van der Waals surface area contributed by atoms with Crippen molar-refractivity contribution in [2.24, 2.45) is 0 Å². The summed E-state index contributed by atoms with van der Waals surface area (Å²) in [5, 5.41) is 0. The van der Waals surface area contributed by atoms with E-state index in [9.17, 15) is 0 Å². The number of benzene rings is 2. The molecular formula is C28H32NiS4-4. The van der Waals surface area contributed by atoms with Crippen LogP contribution in [0.5, 0.6) is 0 Å². The van der Waals surface area contributed by atoms with Gasteiger partial charge < -0.3 is 50.5 Å². The summed E-state index contributed by atoms with van der Waals surface area (Å²) in [7, 11) is 0. The molecule has 5 heteroatoms. The molecular weight excluding hydrogens is 523 g/mol. The Morgan fingerprint density at radius 1 is 0.394 bits per heavy atom. The summed E-state index contributed by atoms with van der Waals surface area (Å²) in [4.78, 5) is 3.77. The molecule has 0 atom stereocenters. The first-order chi connectivity index (χ1) is 14.9. The Hall–Kier alpha value is -0.706. The number of fused-ring (bicyclic) bond motifs is 2. The second-order valence-electron chi connectivity index (χ2n) is 9.21. The fourth-order valence-corrected chi connectivity index (χ4v) is 6.17. The van der Waals surface area contributed by atoms with Crippen LogP contribution < -0.4 is 0 Å². The minimum Gasteiger partial charge on any atom is -0.785 e. The van der Waals surface area contributed by atoms with Crippen LogP contribution in [0.1, 0.15) is 79.6 Å². The molecule has 0 heterocycles. The minimum absolute atomic E-state index is 0. The third-order valence-corrected chi connectivity index (χ3v) is 9.77. The van der Waals surface area contributed by atoms with Crippen LogP contribution in [0.2, 0.25) is 0 Å². The van der Waals surface area contributed by atoms with Crippen molar-refractivity contribution >= 4 is 60.3 Å². The number of hydrogen-bond donors (Lipinski definition) is 0.